The van der Waals surface area contributed by atoms with Gasteiger partial charge in [-0.05, 0) is 18.8 Å². The van der Waals surface area contributed by atoms with Crippen LogP contribution >= 0.6 is 0 Å². The van der Waals surface area contributed by atoms with Crippen LogP contribution in [0.25, 0.3) is 0 Å². The maximum atomic E-state index is 11.9. The number of hydrogen-bond donors (Lipinski definition) is 2. The maximum absolute atomic E-state index is 11.9. The summed E-state index contributed by atoms with van der Waals surface area (Å²) in [4.78, 5) is 35.5. The largest absolute Gasteiger partial charge is 0.480 e. The predicted molar refractivity (Wildman–Crippen MR) is 78.7 cm³/mol. The molecule has 0 radical (unpaired) electrons. The Labute approximate surface area is 125 Å². The molecule has 0 saturated heterocycles. The summed E-state index contributed by atoms with van der Waals surface area (Å²) in [6.07, 6.45) is 6.94. The molecule has 0 bridgehead atoms. The number of aliphatic carboxylic acids is 1. The number of nitrogens with zero attached hydrogens (tertiary/aromatic N) is 1. The van der Waals surface area contributed by atoms with Gasteiger partial charge in [-0.25, -0.2) is 0 Å². The van der Waals surface area contributed by atoms with Crippen LogP contribution < -0.4 is 5.32 Å². The molecule has 1 rings (SSSR count). The Hall–Kier alpha value is -1.59. The molecule has 0 spiro atoms. The Morgan fingerprint density at radius 3 is 2.48 bits per heavy atom. The van der Waals surface area contributed by atoms with Crippen molar-refractivity contribution in [3.05, 3.63) is 0 Å². The predicted octanol–water partition coefficient (Wildman–Crippen LogP) is 1.40. The minimum absolute atomic E-state index is 0.114. The topological polar surface area (TPSA) is 86.7 Å². The quantitative estimate of drug-likeness (QED) is 0.673. The molecule has 120 valence electrons. The minimum atomic E-state index is -1.04. The highest BCUT2D eigenvalue weighted by atomic mass is 16.4. The van der Waals surface area contributed by atoms with E-state index in [0.717, 1.165) is 6.42 Å². The third kappa shape index (κ3) is 7.11. The molecule has 0 aromatic heterocycles. The van der Waals surface area contributed by atoms with E-state index >= 15 is 0 Å². The van der Waals surface area contributed by atoms with Crippen LogP contribution in [-0.4, -0.2) is 47.4 Å². The van der Waals surface area contributed by atoms with Gasteiger partial charge in [0.25, 0.3) is 0 Å². The number of amides is 2. The van der Waals surface area contributed by atoms with Gasteiger partial charge in [0.1, 0.15) is 6.54 Å². The van der Waals surface area contributed by atoms with Gasteiger partial charge in [0.05, 0.1) is 6.54 Å². The van der Waals surface area contributed by atoms with Crippen LogP contribution in [0.5, 0.6) is 0 Å². The lowest BCUT2D eigenvalue weighted by Gasteiger charge is -2.20. The first-order chi connectivity index (χ1) is 10.0. The van der Waals surface area contributed by atoms with Crippen molar-refractivity contribution in [3.63, 3.8) is 0 Å². The molecule has 0 heterocycles. The Morgan fingerprint density at radius 1 is 1.24 bits per heavy atom. The lowest BCUT2D eigenvalue weighted by atomic mass is 10.0. The van der Waals surface area contributed by atoms with E-state index in [1.54, 1.807) is 0 Å². The van der Waals surface area contributed by atoms with Gasteiger partial charge in [-0.3, -0.25) is 14.4 Å². The smallest absolute Gasteiger partial charge is 0.323 e. The lowest BCUT2D eigenvalue weighted by molar-refractivity contribution is -0.144. The average molecular weight is 298 g/mol. The van der Waals surface area contributed by atoms with E-state index in [4.69, 9.17) is 5.11 Å². The van der Waals surface area contributed by atoms with E-state index in [1.807, 2.05) is 6.92 Å². The molecule has 1 saturated carbocycles. The van der Waals surface area contributed by atoms with Crippen LogP contribution in [0.1, 0.15) is 51.9 Å². The highest BCUT2D eigenvalue weighted by Crippen LogP contribution is 2.28. The molecule has 2 amide bonds. The molecule has 6 heteroatoms. The standard InChI is InChI=1S/C15H26N2O4/c1-2-9-17(11-15(20)21)14(19)10-16-13(18)8-7-12-5-3-4-6-12/h12H,2-11H2,1H3,(H,16,18)(H,20,21). The molecule has 0 unspecified atom stereocenters. The first-order valence-corrected chi connectivity index (χ1v) is 7.79. The molecular weight excluding hydrogens is 272 g/mol. The average Bonchev–Trinajstić information content (AvgIpc) is 2.94. The van der Waals surface area contributed by atoms with Crippen LogP contribution in [0.2, 0.25) is 0 Å². The number of carbonyl (C=O) groups is 3. The lowest BCUT2D eigenvalue weighted by Crippen LogP contribution is -2.42. The van der Waals surface area contributed by atoms with E-state index in [1.165, 1.54) is 30.6 Å². The summed E-state index contributed by atoms with van der Waals surface area (Å²) in [7, 11) is 0. The summed E-state index contributed by atoms with van der Waals surface area (Å²) in [5, 5.41) is 11.4. The monoisotopic (exact) mass is 298 g/mol. The fourth-order valence-electron chi connectivity index (χ4n) is 2.73. The van der Waals surface area contributed by atoms with Crippen LogP contribution in [0.4, 0.5) is 0 Å². The number of carboxylic acids is 1. The summed E-state index contributed by atoms with van der Waals surface area (Å²) < 4.78 is 0. The van der Waals surface area contributed by atoms with E-state index in [-0.39, 0.29) is 24.9 Å². The summed E-state index contributed by atoms with van der Waals surface area (Å²) in [5.41, 5.74) is 0. The first-order valence-electron chi connectivity index (χ1n) is 7.79. The summed E-state index contributed by atoms with van der Waals surface area (Å²) >= 11 is 0. The fraction of sp³-hybridized carbons (Fsp3) is 0.800. The van der Waals surface area contributed by atoms with Gasteiger partial charge < -0.3 is 15.3 Å². The molecule has 1 aliphatic carbocycles. The summed E-state index contributed by atoms with van der Waals surface area (Å²) in [6.45, 7) is 1.84. The number of carboxylic acid groups (broad SMARTS) is 1. The Kier molecular flexibility index (Phi) is 7.79. The van der Waals surface area contributed by atoms with Gasteiger partial charge in [0.2, 0.25) is 11.8 Å². The fourth-order valence-corrected chi connectivity index (χ4v) is 2.73. The molecule has 0 aromatic rings. The zero-order valence-electron chi connectivity index (χ0n) is 12.8. The molecule has 1 fully saturated rings. The normalized spacial score (nSPS) is 14.9. The van der Waals surface area contributed by atoms with Gasteiger partial charge in [0, 0.05) is 13.0 Å². The van der Waals surface area contributed by atoms with Crippen molar-refractivity contribution in [1.29, 1.82) is 0 Å². The van der Waals surface area contributed by atoms with Crippen molar-refractivity contribution in [1.82, 2.24) is 10.2 Å². The van der Waals surface area contributed by atoms with Crippen LogP contribution in [-0.2, 0) is 14.4 Å². The van der Waals surface area contributed by atoms with Crippen molar-refractivity contribution in [2.24, 2.45) is 5.92 Å². The number of rotatable bonds is 9. The van der Waals surface area contributed by atoms with Crippen molar-refractivity contribution in [3.8, 4) is 0 Å². The second-order valence-corrected chi connectivity index (χ2v) is 5.67. The Bertz CT molecular complexity index is 365. The van der Waals surface area contributed by atoms with E-state index in [9.17, 15) is 14.4 Å². The molecular formula is C15H26N2O4. The number of nitrogens with one attached hydrogen (secondary N) is 1. The zero-order chi connectivity index (χ0) is 15.7. The zero-order valence-corrected chi connectivity index (χ0v) is 12.8. The Balaban J connectivity index is 2.25. The molecule has 2 N–H and O–H groups in total. The van der Waals surface area contributed by atoms with Crippen molar-refractivity contribution >= 4 is 17.8 Å². The molecule has 0 atom stereocenters. The maximum Gasteiger partial charge on any atom is 0.323 e. The number of hydrogen-bond acceptors (Lipinski definition) is 3. The summed E-state index contributed by atoms with van der Waals surface area (Å²) in [6, 6.07) is 0. The highest BCUT2D eigenvalue weighted by Gasteiger charge is 2.18. The molecule has 0 aromatic carbocycles. The number of carbonyl (C=O) groups excluding carboxylic acids is 2. The minimum Gasteiger partial charge on any atom is -0.480 e. The Morgan fingerprint density at radius 2 is 1.90 bits per heavy atom. The molecule has 6 nitrogen and oxygen atoms in total. The molecule has 1 aliphatic rings. The first kappa shape index (κ1) is 17.5. The second kappa shape index (κ2) is 9.37. The SMILES string of the molecule is CCCN(CC(=O)O)C(=O)CNC(=O)CCC1CCCC1. The second-order valence-electron chi connectivity index (χ2n) is 5.67. The van der Waals surface area contributed by atoms with Gasteiger partial charge in [-0.2, -0.15) is 0 Å². The highest BCUT2D eigenvalue weighted by molar-refractivity contribution is 5.86. The van der Waals surface area contributed by atoms with Gasteiger partial charge >= 0.3 is 5.97 Å². The third-order valence-corrected chi connectivity index (χ3v) is 3.86. The van der Waals surface area contributed by atoms with Gasteiger partial charge in [0.15, 0.2) is 0 Å². The third-order valence-electron chi connectivity index (χ3n) is 3.86. The van der Waals surface area contributed by atoms with Crippen LogP contribution in [0.15, 0.2) is 0 Å². The van der Waals surface area contributed by atoms with Crippen molar-refractivity contribution < 1.29 is 19.5 Å². The molecule has 0 aliphatic heterocycles. The van der Waals surface area contributed by atoms with E-state index in [0.29, 0.717) is 25.3 Å². The molecule has 21 heavy (non-hydrogen) atoms. The van der Waals surface area contributed by atoms with E-state index in [2.05, 4.69) is 5.32 Å². The van der Waals surface area contributed by atoms with E-state index < -0.39 is 5.97 Å². The van der Waals surface area contributed by atoms with Crippen LogP contribution in [0.3, 0.4) is 0 Å². The van der Waals surface area contributed by atoms with Crippen LogP contribution in [0, 0.1) is 5.92 Å². The van der Waals surface area contributed by atoms with Gasteiger partial charge in [-0.15, -0.1) is 0 Å². The van der Waals surface area contributed by atoms with Crippen molar-refractivity contribution in [2.75, 3.05) is 19.6 Å². The summed E-state index contributed by atoms with van der Waals surface area (Å²) in [5.74, 6) is -0.852. The van der Waals surface area contributed by atoms with Gasteiger partial charge in [-0.1, -0.05) is 32.6 Å². The van der Waals surface area contributed by atoms with Crippen molar-refractivity contribution in [2.45, 2.75) is 51.9 Å².